The molecule has 0 unspecified atom stereocenters. The maximum atomic E-state index is 13.0. The van der Waals surface area contributed by atoms with Gasteiger partial charge in [-0.1, -0.05) is 41.0 Å². The summed E-state index contributed by atoms with van der Waals surface area (Å²) in [5, 5.41) is 5.06. The second kappa shape index (κ2) is 8.18. The molecule has 1 N–H and O–H groups in total. The SMILES string of the molecule is Cc1ccc(-c2noc(-c3ccc4c(=O)n(Cc5ccc(Cl)cc5)c(=O)[nH]c4c3)n2)cc1C. The number of aromatic nitrogens is 4. The molecule has 0 saturated heterocycles. The van der Waals surface area contributed by atoms with Gasteiger partial charge in [0.05, 0.1) is 17.4 Å². The molecule has 3 aromatic carbocycles. The largest absolute Gasteiger partial charge is 0.334 e. The summed E-state index contributed by atoms with van der Waals surface area (Å²) in [6.07, 6.45) is 0. The van der Waals surface area contributed by atoms with E-state index in [1.54, 1.807) is 42.5 Å². The minimum atomic E-state index is -0.499. The zero-order chi connectivity index (χ0) is 23.1. The van der Waals surface area contributed by atoms with Gasteiger partial charge in [-0.05, 0) is 66.9 Å². The molecule has 0 bridgehead atoms. The van der Waals surface area contributed by atoms with Crippen LogP contribution in [-0.2, 0) is 6.54 Å². The highest BCUT2D eigenvalue weighted by atomic mass is 35.5. The normalized spacial score (nSPS) is 11.2. The number of aromatic amines is 1. The summed E-state index contributed by atoms with van der Waals surface area (Å²) >= 11 is 5.92. The van der Waals surface area contributed by atoms with E-state index >= 15 is 0 Å². The van der Waals surface area contributed by atoms with Crippen LogP contribution >= 0.6 is 11.6 Å². The number of H-pyrrole nitrogens is 1. The Bertz CT molecular complexity index is 1610. The Labute approximate surface area is 193 Å². The van der Waals surface area contributed by atoms with E-state index in [9.17, 15) is 9.59 Å². The smallest absolute Gasteiger partial charge is 0.329 e. The van der Waals surface area contributed by atoms with Crippen LogP contribution in [0, 0.1) is 13.8 Å². The molecule has 33 heavy (non-hydrogen) atoms. The number of hydrogen-bond acceptors (Lipinski definition) is 5. The monoisotopic (exact) mass is 458 g/mol. The third-order valence-electron chi connectivity index (χ3n) is 5.67. The Balaban J connectivity index is 1.51. The van der Waals surface area contributed by atoms with Crippen molar-refractivity contribution in [2.24, 2.45) is 0 Å². The lowest BCUT2D eigenvalue weighted by Gasteiger charge is -2.07. The molecule has 7 nitrogen and oxygen atoms in total. The van der Waals surface area contributed by atoms with Gasteiger partial charge in [-0.25, -0.2) is 4.79 Å². The van der Waals surface area contributed by atoms with Gasteiger partial charge in [0.15, 0.2) is 0 Å². The quantitative estimate of drug-likeness (QED) is 0.420. The van der Waals surface area contributed by atoms with E-state index in [-0.39, 0.29) is 12.1 Å². The molecule has 164 valence electrons. The maximum absolute atomic E-state index is 13.0. The van der Waals surface area contributed by atoms with Crippen LogP contribution in [-0.4, -0.2) is 19.7 Å². The summed E-state index contributed by atoms with van der Waals surface area (Å²) < 4.78 is 6.61. The average Bonchev–Trinajstić information content (AvgIpc) is 3.30. The first-order valence-corrected chi connectivity index (χ1v) is 10.7. The number of hydrogen-bond donors (Lipinski definition) is 1. The number of nitrogens with one attached hydrogen (secondary N) is 1. The topological polar surface area (TPSA) is 93.8 Å². The zero-order valence-electron chi connectivity index (χ0n) is 17.9. The molecule has 5 rings (SSSR count). The fourth-order valence-corrected chi connectivity index (χ4v) is 3.77. The van der Waals surface area contributed by atoms with Gasteiger partial charge in [0.25, 0.3) is 11.4 Å². The molecule has 0 saturated carbocycles. The van der Waals surface area contributed by atoms with Crippen LogP contribution in [0.3, 0.4) is 0 Å². The van der Waals surface area contributed by atoms with Gasteiger partial charge in [0.2, 0.25) is 5.82 Å². The standard InChI is InChI=1S/C25H19ClN4O3/c1-14-3-6-17(11-15(14)2)22-28-23(33-29-22)18-7-10-20-21(12-18)27-25(32)30(24(20)31)13-16-4-8-19(26)9-5-16/h3-12H,13H2,1-2H3,(H,27,32). The summed E-state index contributed by atoms with van der Waals surface area (Å²) in [5.41, 5.74) is 4.11. The lowest BCUT2D eigenvalue weighted by Crippen LogP contribution is -2.35. The summed E-state index contributed by atoms with van der Waals surface area (Å²) in [7, 11) is 0. The first kappa shape index (κ1) is 20.9. The molecule has 0 aliphatic heterocycles. The van der Waals surface area contributed by atoms with Crippen molar-refractivity contribution in [3.63, 3.8) is 0 Å². The highest BCUT2D eigenvalue weighted by molar-refractivity contribution is 6.30. The minimum absolute atomic E-state index is 0.145. The number of nitrogens with zero attached hydrogens (tertiary/aromatic N) is 3. The van der Waals surface area contributed by atoms with Gasteiger partial charge in [-0.3, -0.25) is 9.36 Å². The first-order valence-electron chi connectivity index (χ1n) is 10.3. The van der Waals surface area contributed by atoms with E-state index in [1.807, 2.05) is 32.0 Å². The van der Waals surface area contributed by atoms with Crippen LogP contribution in [0.1, 0.15) is 16.7 Å². The van der Waals surface area contributed by atoms with Gasteiger partial charge in [0.1, 0.15) is 0 Å². The maximum Gasteiger partial charge on any atom is 0.329 e. The second-order valence-electron chi connectivity index (χ2n) is 7.93. The van der Waals surface area contributed by atoms with Gasteiger partial charge in [-0.15, -0.1) is 0 Å². The Hall–Kier alpha value is -3.97. The van der Waals surface area contributed by atoms with Gasteiger partial charge in [0, 0.05) is 16.1 Å². The van der Waals surface area contributed by atoms with Gasteiger partial charge < -0.3 is 9.51 Å². The average molecular weight is 459 g/mol. The van der Waals surface area contributed by atoms with Crippen molar-refractivity contribution in [1.29, 1.82) is 0 Å². The molecular weight excluding hydrogens is 440 g/mol. The number of halogens is 1. The van der Waals surface area contributed by atoms with Crippen molar-refractivity contribution in [3.8, 4) is 22.8 Å². The fourth-order valence-electron chi connectivity index (χ4n) is 3.64. The van der Waals surface area contributed by atoms with Crippen LogP contribution in [0.5, 0.6) is 0 Å². The molecule has 0 radical (unpaired) electrons. The Kier molecular flexibility index (Phi) is 5.18. The van der Waals surface area contributed by atoms with Gasteiger partial charge >= 0.3 is 5.69 Å². The predicted molar refractivity (Wildman–Crippen MR) is 128 cm³/mol. The molecule has 0 spiro atoms. The summed E-state index contributed by atoms with van der Waals surface area (Å²) in [6, 6.07) is 18.0. The van der Waals surface area contributed by atoms with E-state index in [2.05, 4.69) is 15.1 Å². The highest BCUT2D eigenvalue weighted by Gasteiger charge is 2.14. The molecule has 2 heterocycles. The zero-order valence-corrected chi connectivity index (χ0v) is 18.7. The third kappa shape index (κ3) is 3.99. The van der Waals surface area contributed by atoms with Crippen molar-refractivity contribution >= 4 is 22.5 Å². The van der Waals surface area contributed by atoms with E-state index in [1.165, 1.54) is 5.56 Å². The molecule has 8 heteroatoms. The van der Waals surface area contributed by atoms with Crippen LogP contribution in [0.4, 0.5) is 0 Å². The lowest BCUT2D eigenvalue weighted by molar-refractivity contribution is 0.432. The van der Waals surface area contributed by atoms with Crippen molar-refractivity contribution < 1.29 is 4.52 Å². The molecular formula is C25H19ClN4O3. The number of aryl methyl sites for hydroxylation is 2. The van der Waals surface area contributed by atoms with Crippen LogP contribution < -0.4 is 11.2 Å². The molecule has 0 aliphatic rings. The highest BCUT2D eigenvalue weighted by Crippen LogP contribution is 2.25. The minimum Gasteiger partial charge on any atom is -0.334 e. The van der Waals surface area contributed by atoms with E-state index in [0.717, 1.165) is 21.3 Å². The Morgan fingerprint density at radius 3 is 2.45 bits per heavy atom. The summed E-state index contributed by atoms with van der Waals surface area (Å²) in [6.45, 7) is 4.21. The van der Waals surface area contributed by atoms with Crippen molar-refractivity contribution in [3.05, 3.63) is 103 Å². The number of fused-ring (bicyclic) bond motifs is 1. The molecule has 0 fully saturated rings. The second-order valence-corrected chi connectivity index (χ2v) is 8.37. The summed E-state index contributed by atoms with van der Waals surface area (Å²) in [4.78, 5) is 32.9. The fraction of sp³-hybridized carbons (Fsp3) is 0.120. The van der Waals surface area contributed by atoms with Crippen LogP contribution in [0.2, 0.25) is 5.02 Å². The lowest BCUT2D eigenvalue weighted by atomic mass is 10.1. The summed E-state index contributed by atoms with van der Waals surface area (Å²) in [5.74, 6) is 0.774. The predicted octanol–water partition coefficient (Wildman–Crippen LogP) is 4.73. The molecule has 0 amide bonds. The van der Waals surface area contributed by atoms with E-state index < -0.39 is 5.69 Å². The number of rotatable bonds is 4. The molecule has 2 aromatic heterocycles. The van der Waals surface area contributed by atoms with Crippen LogP contribution in [0.25, 0.3) is 33.7 Å². The number of benzene rings is 3. The van der Waals surface area contributed by atoms with Gasteiger partial charge in [-0.2, -0.15) is 4.98 Å². The van der Waals surface area contributed by atoms with Crippen LogP contribution in [0.15, 0.2) is 74.8 Å². The van der Waals surface area contributed by atoms with Crippen molar-refractivity contribution in [2.45, 2.75) is 20.4 Å². The molecule has 0 aliphatic carbocycles. The van der Waals surface area contributed by atoms with E-state index in [4.69, 9.17) is 16.1 Å². The molecule has 0 atom stereocenters. The van der Waals surface area contributed by atoms with E-state index in [0.29, 0.717) is 33.2 Å². The molecule has 5 aromatic rings. The first-order chi connectivity index (χ1) is 15.9. The van der Waals surface area contributed by atoms with Crippen molar-refractivity contribution in [2.75, 3.05) is 0 Å². The Morgan fingerprint density at radius 2 is 1.70 bits per heavy atom. The van der Waals surface area contributed by atoms with Crippen molar-refractivity contribution in [1.82, 2.24) is 19.7 Å². The third-order valence-corrected chi connectivity index (χ3v) is 5.93. The Morgan fingerprint density at radius 1 is 0.939 bits per heavy atom.